The molecule has 2 rings (SSSR count). The second kappa shape index (κ2) is 7.70. The Bertz CT molecular complexity index is 702. The number of anilines is 1. The van der Waals surface area contributed by atoms with Gasteiger partial charge in [-0.15, -0.1) is 11.3 Å². The van der Waals surface area contributed by atoms with E-state index < -0.39 is 0 Å². The highest BCUT2D eigenvalue weighted by atomic mass is 79.9. The van der Waals surface area contributed by atoms with Gasteiger partial charge in [0.25, 0.3) is 5.91 Å². The molecule has 0 aliphatic carbocycles. The van der Waals surface area contributed by atoms with Crippen molar-refractivity contribution in [2.75, 3.05) is 25.0 Å². The van der Waals surface area contributed by atoms with Gasteiger partial charge in [0.05, 0.1) is 8.66 Å². The van der Waals surface area contributed by atoms with Crippen molar-refractivity contribution in [3.8, 4) is 0 Å². The minimum Gasteiger partial charge on any atom is -0.332 e. The van der Waals surface area contributed by atoms with E-state index in [0.717, 1.165) is 3.79 Å². The van der Waals surface area contributed by atoms with Gasteiger partial charge in [0.2, 0.25) is 5.91 Å². The van der Waals surface area contributed by atoms with Gasteiger partial charge in [0, 0.05) is 19.3 Å². The van der Waals surface area contributed by atoms with E-state index in [0.29, 0.717) is 17.1 Å². The van der Waals surface area contributed by atoms with Gasteiger partial charge < -0.3 is 9.80 Å². The van der Waals surface area contributed by atoms with Gasteiger partial charge in [-0.05, 0) is 59.3 Å². The van der Waals surface area contributed by atoms with Gasteiger partial charge in [-0.3, -0.25) is 9.59 Å². The lowest BCUT2D eigenvalue weighted by molar-refractivity contribution is -0.119. The minimum absolute atomic E-state index is 0.0421. The smallest absolute Gasteiger partial charge is 0.264 e. The second-order valence-electron chi connectivity index (χ2n) is 4.88. The number of benzene rings is 1. The van der Waals surface area contributed by atoms with Gasteiger partial charge in [-0.2, -0.15) is 0 Å². The Kier molecular flexibility index (Phi) is 5.90. The number of amides is 2. The molecule has 2 amide bonds. The number of hydrogen-bond acceptors (Lipinski definition) is 3. The molecule has 0 atom stereocenters. The van der Waals surface area contributed by atoms with E-state index in [9.17, 15) is 14.0 Å². The van der Waals surface area contributed by atoms with Crippen molar-refractivity contribution >= 4 is 44.8 Å². The van der Waals surface area contributed by atoms with Gasteiger partial charge in [-0.1, -0.05) is 0 Å². The van der Waals surface area contributed by atoms with E-state index in [4.69, 9.17) is 0 Å². The molecule has 4 nitrogen and oxygen atoms in total. The van der Waals surface area contributed by atoms with Crippen LogP contribution in [-0.2, 0) is 4.79 Å². The Balaban J connectivity index is 2.06. The molecule has 7 heteroatoms. The van der Waals surface area contributed by atoms with Crippen molar-refractivity contribution in [1.82, 2.24) is 4.90 Å². The molecular weight excluding hydrogens is 383 g/mol. The molecule has 0 saturated carbocycles. The molecule has 0 unspecified atom stereocenters. The highest BCUT2D eigenvalue weighted by molar-refractivity contribution is 9.11. The summed E-state index contributed by atoms with van der Waals surface area (Å²) in [6.07, 6.45) is 0. The zero-order chi connectivity index (χ0) is 17.0. The second-order valence-corrected chi connectivity index (χ2v) is 7.34. The molecule has 0 aliphatic heterocycles. The lowest BCUT2D eigenvalue weighted by atomic mass is 10.2. The van der Waals surface area contributed by atoms with Crippen molar-refractivity contribution in [2.24, 2.45) is 0 Å². The molecule has 1 aromatic carbocycles. The van der Waals surface area contributed by atoms with Crippen molar-refractivity contribution in [1.29, 1.82) is 0 Å². The summed E-state index contributed by atoms with van der Waals surface area (Å²) in [6.45, 7) is 2.23. The van der Waals surface area contributed by atoms with Crippen LogP contribution >= 0.6 is 27.3 Å². The molecule has 0 N–H and O–H groups in total. The van der Waals surface area contributed by atoms with Crippen LogP contribution in [0.4, 0.5) is 10.1 Å². The fourth-order valence-electron chi connectivity index (χ4n) is 2.10. The predicted molar refractivity (Wildman–Crippen MR) is 93.4 cm³/mol. The summed E-state index contributed by atoms with van der Waals surface area (Å²) in [6, 6.07) is 9.23. The lowest BCUT2D eigenvalue weighted by Gasteiger charge is -2.24. The maximum atomic E-state index is 13.0. The van der Waals surface area contributed by atoms with E-state index in [1.165, 1.54) is 33.3 Å². The van der Waals surface area contributed by atoms with Crippen LogP contribution in [0.1, 0.15) is 16.6 Å². The van der Waals surface area contributed by atoms with Crippen molar-refractivity contribution in [3.63, 3.8) is 0 Å². The molecule has 122 valence electrons. The number of hydrogen-bond donors (Lipinski definition) is 0. The van der Waals surface area contributed by atoms with E-state index in [1.54, 1.807) is 31.3 Å². The van der Waals surface area contributed by atoms with Crippen molar-refractivity contribution in [2.45, 2.75) is 6.92 Å². The Hall–Kier alpha value is -1.73. The molecule has 23 heavy (non-hydrogen) atoms. The predicted octanol–water partition coefficient (Wildman–Crippen LogP) is 3.77. The topological polar surface area (TPSA) is 40.6 Å². The quantitative estimate of drug-likeness (QED) is 0.768. The van der Waals surface area contributed by atoms with Gasteiger partial charge in [0.1, 0.15) is 12.4 Å². The van der Waals surface area contributed by atoms with E-state index in [-0.39, 0.29) is 24.2 Å². The summed E-state index contributed by atoms with van der Waals surface area (Å²) in [7, 11) is 1.59. The summed E-state index contributed by atoms with van der Waals surface area (Å²) < 4.78 is 13.9. The normalized spacial score (nSPS) is 10.4. The number of nitrogens with zero attached hydrogens (tertiary/aromatic N) is 2. The number of likely N-dealkylation sites (N-methyl/N-ethyl adjacent to an activating group) is 2. The lowest BCUT2D eigenvalue weighted by Crippen LogP contribution is -2.41. The average molecular weight is 399 g/mol. The third-order valence-electron chi connectivity index (χ3n) is 3.26. The zero-order valence-corrected chi connectivity index (χ0v) is 15.2. The Morgan fingerprint density at radius 2 is 1.83 bits per heavy atom. The summed E-state index contributed by atoms with van der Waals surface area (Å²) in [5.74, 6) is -0.775. The van der Waals surface area contributed by atoms with Crippen molar-refractivity contribution < 1.29 is 14.0 Å². The van der Waals surface area contributed by atoms with Crippen LogP contribution in [0.2, 0.25) is 0 Å². The van der Waals surface area contributed by atoms with Gasteiger partial charge in [0.15, 0.2) is 0 Å². The molecule has 0 spiro atoms. The SMILES string of the molecule is CCN(C(=O)CN(C)C(=O)c1ccc(Br)s1)c1ccc(F)cc1. The van der Waals surface area contributed by atoms with Gasteiger partial charge >= 0.3 is 0 Å². The molecular formula is C16H16BrFN2O2S. The fourth-order valence-corrected chi connectivity index (χ4v) is 3.48. The Labute approximate surface area is 146 Å². The minimum atomic E-state index is -0.354. The number of halogens is 2. The van der Waals surface area contributed by atoms with E-state index in [2.05, 4.69) is 15.9 Å². The molecule has 0 radical (unpaired) electrons. The molecule has 2 aromatic rings. The molecule has 1 heterocycles. The zero-order valence-electron chi connectivity index (χ0n) is 12.8. The first-order valence-corrected chi connectivity index (χ1v) is 8.60. The molecule has 0 bridgehead atoms. The standard InChI is InChI=1S/C16H16BrFN2O2S/c1-3-20(12-6-4-11(18)5-7-12)15(21)10-19(2)16(22)13-8-9-14(17)23-13/h4-9H,3,10H2,1-2H3. The molecule has 0 saturated heterocycles. The highest BCUT2D eigenvalue weighted by Crippen LogP contribution is 2.23. The van der Waals surface area contributed by atoms with Crippen LogP contribution in [-0.4, -0.2) is 36.9 Å². The van der Waals surface area contributed by atoms with Crippen LogP contribution < -0.4 is 4.90 Å². The maximum absolute atomic E-state index is 13.0. The molecule has 1 aromatic heterocycles. The van der Waals surface area contributed by atoms with E-state index in [1.807, 2.05) is 6.92 Å². The number of thiophene rings is 1. The Morgan fingerprint density at radius 3 is 2.35 bits per heavy atom. The highest BCUT2D eigenvalue weighted by Gasteiger charge is 2.20. The number of carbonyl (C=O) groups is 2. The first-order valence-electron chi connectivity index (χ1n) is 6.99. The van der Waals surface area contributed by atoms with Crippen LogP contribution in [0.15, 0.2) is 40.2 Å². The van der Waals surface area contributed by atoms with Crippen LogP contribution in [0, 0.1) is 5.82 Å². The first-order chi connectivity index (χ1) is 10.9. The summed E-state index contributed by atoms with van der Waals surface area (Å²) >= 11 is 4.64. The largest absolute Gasteiger partial charge is 0.332 e. The fraction of sp³-hybridized carbons (Fsp3) is 0.250. The Morgan fingerprint density at radius 1 is 1.17 bits per heavy atom. The third-order valence-corrected chi connectivity index (χ3v) is 4.87. The summed E-state index contributed by atoms with van der Waals surface area (Å²) in [5, 5.41) is 0. The van der Waals surface area contributed by atoms with Crippen LogP contribution in [0.5, 0.6) is 0 Å². The molecule has 0 aliphatic rings. The number of carbonyl (C=O) groups excluding carboxylic acids is 2. The summed E-state index contributed by atoms with van der Waals surface area (Å²) in [5.41, 5.74) is 0.610. The monoisotopic (exact) mass is 398 g/mol. The van der Waals surface area contributed by atoms with Crippen LogP contribution in [0.25, 0.3) is 0 Å². The first kappa shape index (κ1) is 17.6. The third kappa shape index (κ3) is 4.39. The van der Waals surface area contributed by atoms with Crippen LogP contribution in [0.3, 0.4) is 0 Å². The van der Waals surface area contributed by atoms with Gasteiger partial charge in [-0.25, -0.2) is 4.39 Å². The summed E-state index contributed by atoms with van der Waals surface area (Å²) in [4.78, 5) is 28.2. The van der Waals surface area contributed by atoms with Crippen molar-refractivity contribution in [3.05, 3.63) is 50.9 Å². The maximum Gasteiger partial charge on any atom is 0.264 e. The average Bonchev–Trinajstić information content (AvgIpc) is 2.95. The molecule has 0 fully saturated rings. The number of rotatable bonds is 5. The van der Waals surface area contributed by atoms with E-state index >= 15 is 0 Å².